The van der Waals surface area contributed by atoms with Crippen LogP contribution in [0.1, 0.15) is 36.3 Å². The first-order valence-corrected chi connectivity index (χ1v) is 9.04. The summed E-state index contributed by atoms with van der Waals surface area (Å²) in [5.74, 6) is 0.0900. The molecule has 1 aromatic carbocycles. The number of non-ortho nitro benzene ring substituents is 1. The maximum atomic E-state index is 12.9. The smallest absolute Gasteiger partial charge is 0.269 e. The summed E-state index contributed by atoms with van der Waals surface area (Å²) in [6.07, 6.45) is 4.66. The molecular formula is C21H20N4O3. The number of ketones is 1. The minimum Gasteiger partial charge on any atom is -0.356 e. The first-order valence-electron chi connectivity index (χ1n) is 9.04. The fourth-order valence-electron chi connectivity index (χ4n) is 3.73. The van der Waals surface area contributed by atoms with Gasteiger partial charge in [-0.1, -0.05) is 13.8 Å². The van der Waals surface area contributed by atoms with E-state index < -0.39 is 4.92 Å². The third kappa shape index (κ3) is 3.26. The van der Waals surface area contributed by atoms with Gasteiger partial charge in [0.25, 0.3) is 5.69 Å². The normalized spacial score (nSPS) is 15.1. The van der Waals surface area contributed by atoms with Gasteiger partial charge in [-0.25, -0.2) is 0 Å². The van der Waals surface area contributed by atoms with Crippen LogP contribution in [0.3, 0.4) is 0 Å². The summed E-state index contributed by atoms with van der Waals surface area (Å²) in [4.78, 5) is 30.9. The molecule has 0 atom stereocenters. The molecule has 4 rings (SSSR count). The maximum absolute atomic E-state index is 12.9. The Labute approximate surface area is 162 Å². The van der Waals surface area contributed by atoms with Crippen LogP contribution in [0.25, 0.3) is 11.3 Å². The monoisotopic (exact) mass is 376 g/mol. The summed E-state index contributed by atoms with van der Waals surface area (Å²) in [5.41, 5.74) is 4.62. The van der Waals surface area contributed by atoms with Gasteiger partial charge >= 0.3 is 0 Å². The third-order valence-corrected chi connectivity index (χ3v) is 4.97. The summed E-state index contributed by atoms with van der Waals surface area (Å²) in [5, 5.41) is 14.2. The van der Waals surface area contributed by atoms with Crippen molar-refractivity contribution in [2.24, 2.45) is 5.41 Å². The van der Waals surface area contributed by atoms with E-state index in [9.17, 15) is 14.9 Å². The van der Waals surface area contributed by atoms with E-state index in [4.69, 9.17) is 0 Å². The topological polar surface area (TPSA) is 101 Å². The molecule has 3 aromatic rings. The second kappa shape index (κ2) is 6.60. The number of rotatable bonds is 4. The SMILES string of the molecule is CC1(C)CC(=O)c2c([nH]c(-c3ccncc3)c2Nc2ccc([N+](=O)[O-])cc2)C1. The van der Waals surface area contributed by atoms with Crippen molar-refractivity contribution in [2.45, 2.75) is 26.7 Å². The molecule has 0 saturated heterocycles. The summed E-state index contributed by atoms with van der Waals surface area (Å²) in [6.45, 7) is 4.18. The van der Waals surface area contributed by atoms with Crippen LogP contribution in [0.2, 0.25) is 0 Å². The van der Waals surface area contributed by atoms with Crippen molar-refractivity contribution in [3.05, 3.63) is 70.2 Å². The van der Waals surface area contributed by atoms with Gasteiger partial charge in [-0.2, -0.15) is 0 Å². The number of H-pyrrole nitrogens is 1. The van der Waals surface area contributed by atoms with Gasteiger partial charge in [-0.05, 0) is 36.1 Å². The number of hydrogen-bond donors (Lipinski definition) is 2. The quantitative estimate of drug-likeness (QED) is 0.499. The van der Waals surface area contributed by atoms with Gasteiger partial charge < -0.3 is 10.3 Å². The number of anilines is 2. The van der Waals surface area contributed by atoms with Crippen LogP contribution in [0, 0.1) is 15.5 Å². The summed E-state index contributed by atoms with van der Waals surface area (Å²) >= 11 is 0. The first-order chi connectivity index (χ1) is 13.3. The lowest BCUT2D eigenvalue weighted by molar-refractivity contribution is -0.384. The van der Waals surface area contributed by atoms with Crippen LogP contribution < -0.4 is 5.32 Å². The van der Waals surface area contributed by atoms with E-state index in [0.29, 0.717) is 23.4 Å². The van der Waals surface area contributed by atoms with Gasteiger partial charge in [0, 0.05) is 47.9 Å². The average Bonchev–Trinajstić information content (AvgIpc) is 3.00. The molecule has 7 heteroatoms. The molecule has 0 spiro atoms. The highest BCUT2D eigenvalue weighted by Crippen LogP contribution is 2.43. The number of benzene rings is 1. The number of nitrogens with one attached hydrogen (secondary N) is 2. The van der Waals surface area contributed by atoms with Gasteiger partial charge in [-0.15, -0.1) is 0 Å². The molecule has 2 N–H and O–H groups in total. The van der Waals surface area contributed by atoms with Crippen LogP contribution >= 0.6 is 0 Å². The van der Waals surface area contributed by atoms with Crippen molar-refractivity contribution in [3.8, 4) is 11.3 Å². The molecule has 142 valence electrons. The number of aromatic amines is 1. The molecule has 0 radical (unpaired) electrons. The Morgan fingerprint density at radius 3 is 2.43 bits per heavy atom. The molecule has 7 nitrogen and oxygen atoms in total. The van der Waals surface area contributed by atoms with Crippen LogP contribution in [-0.2, 0) is 6.42 Å². The molecule has 2 aromatic heterocycles. The predicted octanol–water partition coefficient (Wildman–Crippen LogP) is 4.88. The number of carbonyl (C=O) groups is 1. The van der Waals surface area contributed by atoms with Crippen molar-refractivity contribution >= 4 is 22.8 Å². The van der Waals surface area contributed by atoms with Crippen molar-refractivity contribution < 1.29 is 9.72 Å². The zero-order valence-corrected chi connectivity index (χ0v) is 15.7. The fourth-order valence-corrected chi connectivity index (χ4v) is 3.73. The standard InChI is InChI=1S/C21H20N4O3/c1-21(2)11-16-18(17(26)12-21)20(19(24-16)13-7-9-22-10-8-13)23-14-3-5-15(6-4-14)25(27)28/h3-10,23-24H,11-12H2,1-2H3. The Hall–Kier alpha value is -3.48. The fraction of sp³-hybridized carbons (Fsp3) is 0.238. The molecule has 1 aliphatic carbocycles. The van der Waals surface area contributed by atoms with Crippen LogP contribution in [0.15, 0.2) is 48.8 Å². The summed E-state index contributed by atoms with van der Waals surface area (Å²) < 4.78 is 0. The highest BCUT2D eigenvalue weighted by atomic mass is 16.6. The van der Waals surface area contributed by atoms with Crippen molar-refractivity contribution in [1.29, 1.82) is 0 Å². The zero-order valence-electron chi connectivity index (χ0n) is 15.7. The number of nitro groups is 1. The molecule has 0 unspecified atom stereocenters. The van der Waals surface area contributed by atoms with E-state index in [2.05, 4.69) is 29.1 Å². The molecule has 28 heavy (non-hydrogen) atoms. The Balaban J connectivity index is 1.81. The Morgan fingerprint density at radius 2 is 1.79 bits per heavy atom. The van der Waals surface area contributed by atoms with Crippen LogP contribution in [0.4, 0.5) is 17.1 Å². The second-order valence-corrected chi connectivity index (χ2v) is 7.83. The number of pyridine rings is 1. The minimum absolute atomic E-state index is 0.0221. The first kappa shape index (κ1) is 17.9. The lowest BCUT2D eigenvalue weighted by Gasteiger charge is -2.28. The third-order valence-electron chi connectivity index (χ3n) is 4.97. The number of hydrogen-bond acceptors (Lipinski definition) is 5. The molecule has 2 heterocycles. The van der Waals surface area contributed by atoms with Crippen molar-refractivity contribution in [2.75, 3.05) is 5.32 Å². The lowest BCUT2D eigenvalue weighted by atomic mass is 9.76. The Bertz CT molecular complexity index is 1050. The van der Waals surface area contributed by atoms with Crippen molar-refractivity contribution in [3.63, 3.8) is 0 Å². The second-order valence-electron chi connectivity index (χ2n) is 7.83. The number of nitrogens with zero attached hydrogens (tertiary/aromatic N) is 2. The van der Waals surface area contributed by atoms with Crippen LogP contribution in [-0.4, -0.2) is 20.7 Å². The van der Waals surface area contributed by atoms with Gasteiger partial charge in [0.1, 0.15) is 0 Å². The molecule has 1 aliphatic rings. The molecule has 0 aliphatic heterocycles. The highest BCUT2D eigenvalue weighted by molar-refractivity contribution is 6.07. The van der Waals surface area contributed by atoms with Gasteiger partial charge in [0.2, 0.25) is 0 Å². The Morgan fingerprint density at radius 1 is 1.11 bits per heavy atom. The van der Waals surface area contributed by atoms with Gasteiger partial charge in [-0.3, -0.25) is 19.9 Å². The van der Waals surface area contributed by atoms with Crippen LogP contribution in [0.5, 0.6) is 0 Å². The molecular weight excluding hydrogens is 356 g/mol. The van der Waals surface area contributed by atoms with Gasteiger partial charge in [0.05, 0.1) is 21.9 Å². The Kier molecular flexibility index (Phi) is 4.22. The maximum Gasteiger partial charge on any atom is 0.269 e. The van der Waals surface area contributed by atoms with E-state index >= 15 is 0 Å². The molecule has 0 fully saturated rings. The predicted molar refractivity (Wildman–Crippen MR) is 107 cm³/mol. The van der Waals surface area contributed by atoms with E-state index in [1.807, 2.05) is 12.1 Å². The largest absolute Gasteiger partial charge is 0.356 e. The van der Waals surface area contributed by atoms with E-state index in [0.717, 1.165) is 23.4 Å². The lowest BCUT2D eigenvalue weighted by Crippen LogP contribution is -2.26. The number of carbonyl (C=O) groups excluding carboxylic acids is 1. The van der Waals surface area contributed by atoms with E-state index in [1.165, 1.54) is 12.1 Å². The zero-order chi connectivity index (χ0) is 19.9. The van der Waals surface area contributed by atoms with Crippen molar-refractivity contribution in [1.82, 2.24) is 9.97 Å². The van der Waals surface area contributed by atoms with Gasteiger partial charge in [0.15, 0.2) is 5.78 Å². The number of fused-ring (bicyclic) bond motifs is 1. The molecule has 0 bridgehead atoms. The molecule has 0 amide bonds. The number of nitro benzene ring substituents is 1. The minimum atomic E-state index is -0.435. The number of Topliss-reactive ketones (excluding diaryl/α,β-unsaturated/α-hetero) is 1. The van der Waals surface area contributed by atoms with E-state index in [1.54, 1.807) is 24.5 Å². The highest BCUT2D eigenvalue weighted by Gasteiger charge is 2.35. The molecule has 0 saturated carbocycles. The summed E-state index contributed by atoms with van der Waals surface area (Å²) in [7, 11) is 0. The number of aromatic nitrogens is 2. The summed E-state index contributed by atoms with van der Waals surface area (Å²) in [6, 6.07) is 9.94. The average molecular weight is 376 g/mol. The van der Waals surface area contributed by atoms with E-state index in [-0.39, 0.29) is 16.9 Å².